The number of benzene rings is 1. The zero-order valence-electron chi connectivity index (χ0n) is 13.3. The molecule has 1 heterocycles. The molecule has 0 saturated heterocycles. The first kappa shape index (κ1) is 15.8. The summed E-state index contributed by atoms with van der Waals surface area (Å²) in [6.45, 7) is 7.34. The largest absolute Gasteiger partial charge is 0.493 e. The molecule has 1 aromatic heterocycles. The molecule has 22 heavy (non-hydrogen) atoms. The van der Waals surface area contributed by atoms with Gasteiger partial charge in [0.15, 0.2) is 0 Å². The van der Waals surface area contributed by atoms with Crippen LogP contribution in [0.25, 0.3) is 0 Å². The summed E-state index contributed by atoms with van der Waals surface area (Å²) in [5.41, 5.74) is 3.60. The summed E-state index contributed by atoms with van der Waals surface area (Å²) in [5.74, 6) is 1.60. The predicted octanol–water partition coefficient (Wildman–Crippen LogP) is 3.97. The molecule has 0 radical (unpaired) electrons. The first-order valence-electron chi connectivity index (χ1n) is 7.48. The maximum atomic E-state index is 9.04. The lowest BCUT2D eigenvalue weighted by Crippen LogP contribution is -2.06. The highest BCUT2D eigenvalue weighted by atomic mass is 16.5. The number of anilines is 1. The fraction of sp³-hybridized carbons (Fsp3) is 0.333. The number of ether oxygens (including phenoxy) is 1. The molecule has 0 atom stereocenters. The maximum absolute atomic E-state index is 9.04. The Morgan fingerprint density at radius 3 is 2.77 bits per heavy atom. The van der Waals surface area contributed by atoms with Gasteiger partial charge in [0.2, 0.25) is 0 Å². The van der Waals surface area contributed by atoms with E-state index in [0.717, 1.165) is 23.3 Å². The number of hydrogen-bond donors (Lipinski definition) is 1. The normalized spacial score (nSPS) is 10.1. The minimum Gasteiger partial charge on any atom is -0.493 e. The van der Waals surface area contributed by atoms with Gasteiger partial charge in [0.1, 0.15) is 23.3 Å². The lowest BCUT2D eigenvalue weighted by molar-refractivity contribution is 0.314. The molecule has 1 aromatic carbocycles. The van der Waals surface area contributed by atoms with Gasteiger partial charge >= 0.3 is 0 Å². The summed E-state index contributed by atoms with van der Waals surface area (Å²) >= 11 is 0. The molecule has 0 aliphatic rings. The van der Waals surface area contributed by atoms with Crippen molar-refractivity contribution in [2.45, 2.75) is 33.7 Å². The lowest BCUT2D eigenvalue weighted by atomic mass is 10.1. The van der Waals surface area contributed by atoms with E-state index in [9.17, 15) is 0 Å². The van der Waals surface area contributed by atoms with Crippen molar-refractivity contribution >= 4 is 5.82 Å². The summed E-state index contributed by atoms with van der Waals surface area (Å²) in [6.07, 6.45) is 0.978. The van der Waals surface area contributed by atoms with E-state index in [1.54, 1.807) is 0 Å². The molecule has 0 saturated carbocycles. The van der Waals surface area contributed by atoms with Crippen molar-refractivity contribution in [1.29, 1.82) is 5.26 Å². The third kappa shape index (κ3) is 3.98. The number of nitrogens with one attached hydrogen (secondary N) is 1. The van der Waals surface area contributed by atoms with Gasteiger partial charge in [0.25, 0.3) is 0 Å². The van der Waals surface area contributed by atoms with E-state index in [4.69, 9.17) is 10.00 Å². The first-order chi connectivity index (χ1) is 10.6. The first-order valence-corrected chi connectivity index (χ1v) is 7.48. The Labute approximate surface area is 131 Å². The van der Waals surface area contributed by atoms with Crippen molar-refractivity contribution in [1.82, 2.24) is 4.98 Å². The van der Waals surface area contributed by atoms with E-state index in [-0.39, 0.29) is 0 Å². The number of pyridine rings is 1. The lowest BCUT2D eigenvalue weighted by Gasteiger charge is -2.13. The van der Waals surface area contributed by atoms with Crippen molar-refractivity contribution < 1.29 is 4.74 Å². The molecular weight excluding hydrogens is 274 g/mol. The van der Waals surface area contributed by atoms with Crippen molar-refractivity contribution in [2.24, 2.45) is 0 Å². The summed E-state index contributed by atoms with van der Waals surface area (Å²) in [4.78, 5) is 4.30. The number of aryl methyl sites for hydroxylation is 2. The Morgan fingerprint density at radius 2 is 2.05 bits per heavy atom. The van der Waals surface area contributed by atoms with Gasteiger partial charge in [-0.3, -0.25) is 0 Å². The molecule has 0 spiro atoms. The third-order valence-corrected chi connectivity index (χ3v) is 3.35. The average molecular weight is 295 g/mol. The van der Waals surface area contributed by atoms with Crippen LogP contribution in [0, 0.1) is 25.2 Å². The number of hydrogen-bond acceptors (Lipinski definition) is 4. The molecule has 0 aliphatic heterocycles. The summed E-state index contributed by atoms with van der Waals surface area (Å²) < 4.78 is 5.81. The molecule has 4 nitrogen and oxygen atoms in total. The van der Waals surface area contributed by atoms with Crippen molar-refractivity contribution in [3.05, 3.63) is 52.7 Å². The van der Waals surface area contributed by atoms with Gasteiger partial charge in [-0.2, -0.15) is 5.26 Å². The zero-order chi connectivity index (χ0) is 15.9. The smallest absolute Gasteiger partial charge is 0.145 e. The van der Waals surface area contributed by atoms with Crippen LogP contribution in [0.15, 0.2) is 30.3 Å². The highest BCUT2D eigenvalue weighted by molar-refractivity contribution is 5.45. The van der Waals surface area contributed by atoms with Crippen molar-refractivity contribution in [2.75, 3.05) is 11.9 Å². The summed E-state index contributed by atoms with van der Waals surface area (Å²) in [6, 6.07) is 12.1. The molecule has 0 aliphatic carbocycles. The van der Waals surface area contributed by atoms with E-state index in [2.05, 4.69) is 48.4 Å². The van der Waals surface area contributed by atoms with Crippen LogP contribution in [0.3, 0.4) is 0 Å². The SMILES string of the molecule is CCCOc1cc(C)ccc1CNc1ccc(C)c(C#N)n1. The molecule has 1 N–H and O–H groups in total. The van der Waals surface area contributed by atoms with Gasteiger partial charge in [-0.15, -0.1) is 0 Å². The van der Waals surface area contributed by atoms with Gasteiger partial charge in [-0.05, 0) is 43.5 Å². The fourth-order valence-electron chi connectivity index (χ4n) is 2.08. The van der Waals surface area contributed by atoms with Crippen molar-refractivity contribution in [3.8, 4) is 11.8 Å². The van der Waals surface area contributed by atoms with Crippen LogP contribution in [0.5, 0.6) is 5.75 Å². The monoisotopic (exact) mass is 295 g/mol. The molecule has 0 fully saturated rings. The molecule has 2 rings (SSSR count). The third-order valence-electron chi connectivity index (χ3n) is 3.35. The highest BCUT2D eigenvalue weighted by Crippen LogP contribution is 2.22. The topological polar surface area (TPSA) is 57.9 Å². The molecule has 0 amide bonds. The van der Waals surface area contributed by atoms with Crippen LogP contribution >= 0.6 is 0 Å². The number of nitriles is 1. The van der Waals surface area contributed by atoms with Crippen molar-refractivity contribution in [3.63, 3.8) is 0 Å². The van der Waals surface area contributed by atoms with Crippen LogP contribution in [0.4, 0.5) is 5.82 Å². The van der Waals surface area contributed by atoms with Gasteiger partial charge in [0.05, 0.1) is 6.61 Å². The Bertz CT molecular complexity index is 689. The summed E-state index contributed by atoms with van der Waals surface area (Å²) in [7, 11) is 0. The van der Waals surface area contributed by atoms with Crippen LogP contribution in [-0.4, -0.2) is 11.6 Å². The van der Waals surface area contributed by atoms with Gasteiger partial charge < -0.3 is 10.1 Å². The number of rotatable bonds is 6. The molecule has 2 aromatic rings. The Kier molecular flexibility index (Phi) is 5.37. The highest BCUT2D eigenvalue weighted by Gasteiger charge is 2.06. The van der Waals surface area contributed by atoms with Gasteiger partial charge in [0, 0.05) is 12.1 Å². The van der Waals surface area contributed by atoms with Crippen LogP contribution < -0.4 is 10.1 Å². The maximum Gasteiger partial charge on any atom is 0.145 e. The van der Waals surface area contributed by atoms with Crippen LogP contribution in [0.1, 0.15) is 35.7 Å². The average Bonchev–Trinajstić information content (AvgIpc) is 2.53. The predicted molar refractivity (Wildman–Crippen MR) is 88.0 cm³/mol. The number of aromatic nitrogens is 1. The Morgan fingerprint density at radius 1 is 1.23 bits per heavy atom. The second kappa shape index (κ2) is 7.46. The zero-order valence-corrected chi connectivity index (χ0v) is 13.3. The molecule has 114 valence electrons. The standard InChI is InChI=1S/C18H21N3O/c1-4-9-22-17-10-13(2)5-7-15(17)12-20-18-8-6-14(3)16(11-19)21-18/h5-8,10H,4,9,12H2,1-3H3,(H,20,21). The van der Waals surface area contributed by atoms with Crippen LogP contribution in [0.2, 0.25) is 0 Å². The second-order valence-electron chi connectivity index (χ2n) is 5.29. The minimum atomic E-state index is 0.455. The Balaban J connectivity index is 2.12. The van der Waals surface area contributed by atoms with Gasteiger partial charge in [-0.25, -0.2) is 4.98 Å². The van der Waals surface area contributed by atoms with E-state index in [1.165, 1.54) is 5.56 Å². The number of nitrogens with zero attached hydrogens (tertiary/aromatic N) is 2. The summed E-state index contributed by atoms with van der Waals surface area (Å²) in [5, 5.41) is 12.3. The van der Waals surface area contributed by atoms with E-state index >= 15 is 0 Å². The molecule has 0 bridgehead atoms. The van der Waals surface area contributed by atoms with Crippen LogP contribution in [-0.2, 0) is 6.54 Å². The van der Waals surface area contributed by atoms with Gasteiger partial charge in [-0.1, -0.05) is 25.1 Å². The van der Waals surface area contributed by atoms with E-state index in [1.807, 2.05) is 19.1 Å². The minimum absolute atomic E-state index is 0.455. The molecule has 0 unspecified atom stereocenters. The fourth-order valence-corrected chi connectivity index (χ4v) is 2.08. The van der Waals surface area contributed by atoms with E-state index in [0.29, 0.717) is 24.7 Å². The second-order valence-corrected chi connectivity index (χ2v) is 5.29. The quantitative estimate of drug-likeness (QED) is 0.876. The molecular formula is C18H21N3O. The van der Waals surface area contributed by atoms with E-state index < -0.39 is 0 Å². The molecule has 4 heteroatoms. The Hall–Kier alpha value is -2.54.